The van der Waals surface area contributed by atoms with Crippen LogP contribution in [0.3, 0.4) is 0 Å². The highest BCUT2D eigenvalue weighted by Gasteiger charge is 2.70. The highest BCUT2D eigenvalue weighted by atomic mass is 32.2. The number of nitriles is 1. The normalized spacial score (nSPS) is 35.7. The molecule has 238 valence electrons. The number of esters is 1. The summed E-state index contributed by atoms with van der Waals surface area (Å²) in [6.45, 7) is 5.29. The quantitative estimate of drug-likeness (QED) is 0.420. The standard InChI is InChI=1S/C35H40FN3O5S/c1-33-18-22-20-38-39(25-6-4-24(36)5-7-25)28(22)17-23(33)3-8-26-27-9-12-35(32(42)45-16-13-37,34(27,2)19-29(40)30(26)33)44-31(41)21-10-14-43-15-11-21/h4-7,17,20-21,26-27,29-30,40H,3,8-12,14-16,18-19H2,1-2H3/t26-,27-,29-,30+,33-,34-,35-/m0/s1. The second kappa shape index (κ2) is 11.4. The van der Waals surface area contributed by atoms with E-state index < -0.39 is 17.1 Å². The molecule has 7 rings (SSSR count). The average molecular weight is 634 g/mol. The van der Waals surface area contributed by atoms with Gasteiger partial charge in [-0.2, -0.15) is 10.4 Å². The molecular weight excluding hydrogens is 593 g/mol. The van der Waals surface area contributed by atoms with Crippen molar-refractivity contribution in [1.29, 1.82) is 5.26 Å². The molecule has 8 nitrogen and oxygen atoms in total. The molecule has 0 radical (unpaired) electrons. The number of aliphatic hydroxyl groups is 1. The Morgan fingerprint density at radius 1 is 1.20 bits per heavy atom. The van der Waals surface area contributed by atoms with Crippen molar-refractivity contribution in [2.24, 2.45) is 34.5 Å². The molecule has 0 bridgehead atoms. The Morgan fingerprint density at radius 3 is 2.69 bits per heavy atom. The van der Waals surface area contributed by atoms with Gasteiger partial charge in [-0.1, -0.05) is 31.2 Å². The summed E-state index contributed by atoms with van der Waals surface area (Å²) in [7, 11) is 0. The lowest BCUT2D eigenvalue weighted by Crippen LogP contribution is -2.62. The lowest BCUT2D eigenvalue weighted by molar-refractivity contribution is -0.200. The summed E-state index contributed by atoms with van der Waals surface area (Å²) in [5, 5.41) is 25.8. The zero-order valence-electron chi connectivity index (χ0n) is 25.8. The van der Waals surface area contributed by atoms with Crippen molar-refractivity contribution in [1.82, 2.24) is 9.78 Å². The molecule has 7 atom stereocenters. The monoisotopic (exact) mass is 633 g/mol. The number of carbonyl (C=O) groups is 2. The molecule has 5 aliphatic rings. The second-order valence-electron chi connectivity index (χ2n) is 14.1. The number of nitrogens with zero attached hydrogens (tertiary/aromatic N) is 3. The van der Waals surface area contributed by atoms with E-state index in [1.54, 1.807) is 12.1 Å². The van der Waals surface area contributed by atoms with Crippen LogP contribution in [0.5, 0.6) is 0 Å². The number of hydrogen-bond acceptors (Lipinski definition) is 8. The third-order valence-electron chi connectivity index (χ3n) is 12.0. The molecule has 4 aliphatic carbocycles. The fourth-order valence-electron chi connectivity index (χ4n) is 9.91. The van der Waals surface area contributed by atoms with Crippen molar-refractivity contribution < 1.29 is 28.6 Å². The van der Waals surface area contributed by atoms with Gasteiger partial charge in [-0.3, -0.25) is 9.59 Å². The largest absolute Gasteiger partial charge is 0.449 e. The van der Waals surface area contributed by atoms with E-state index >= 15 is 0 Å². The molecule has 0 spiro atoms. The minimum absolute atomic E-state index is 0.00901. The van der Waals surface area contributed by atoms with Crippen molar-refractivity contribution in [3.05, 3.63) is 53.1 Å². The molecule has 2 heterocycles. The molecule has 0 unspecified atom stereocenters. The van der Waals surface area contributed by atoms with E-state index in [0.717, 1.165) is 54.4 Å². The third-order valence-corrected chi connectivity index (χ3v) is 12.9. The maximum atomic E-state index is 14.0. The average Bonchev–Trinajstić information content (AvgIpc) is 3.56. The van der Waals surface area contributed by atoms with Crippen LogP contribution in [-0.4, -0.2) is 56.6 Å². The summed E-state index contributed by atoms with van der Waals surface area (Å²) in [5.74, 6) is -0.772. The molecule has 1 aliphatic heterocycles. The van der Waals surface area contributed by atoms with Gasteiger partial charge in [0.25, 0.3) is 0 Å². The molecule has 10 heteroatoms. The fourth-order valence-corrected chi connectivity index (χ4v) is 10.7. The Balaban J connectivity index is 1.21. The molecule has 1 N–H and O–H groups in total. The molecule has 2 aromatic rings. The van der Waals surface area contributed by atoms with Gasteiger partial charge in [0.1, 0.15) is 5.82 Å². The molecule has 4 fully saturated rings. The van der Waals surface area contributed by atoms with Crippen LogP contribution in [0.2, 0.25) is 0 Å². The Bertz CT molecular complexity index is 1580. The number of allylic oxidation sites excluding steroid dienone is 1. The van der Waals surface area contributed by atoms with E-state index in [1.165, 1.54) is 17.7 Å². The Hall–Kier alpha value is -3.00. The zero-order valence-corrected chi connectivity index (χ0v) is 26.7. The number of aromatic nitrogens is 2. The van der Waals surface area contributed by atoms with Crippen molar-refractivity contribution in [2.75, 3.05) is 19.0 Å². The fraction of sp³-hybridized carbons (Fsp3) is 0.600. The van der Waals surface area contributed by atoms with E-state index in [4.69, 9.17) is 9.47 Å². The van der Waals surface area contributed by atoms with Crippen molar-refractivity contribution in [3.63, 3.8) is 0 Å². The number of halogens is 1. The summed E-state index contributed by atoms with van der Waals surface area (Å²) in [5.41, 5.74) is 1.77. The van der Waals surface area contributed by atoms with Crippen molar-refractivity contribution in [3.8, 4) is 11.8 Å². The maximum Gasteiger partial charge on any atom is 0.310 e. The van der Waals surface area contributed by atoms with Crippen LogP contribution < -0.4 is 0 Å². The predicted octanol–water partition coefficient (Wildman–Crippen LogP) is 5.66. The number of ether oxygens (including phenoxy) is 2. The lowest BCUT2D eigenvalue weighted by Gasteiger charge is -2.60. The molecule has 0 amide bonds. The molecular formula is C35H40FN3O5S. The van der Waals surface area contributed by atoms with Gasteiger partial charge in [0.05, 0.1) is 41.4 Å². The Morgan fingerprint density at radius 2 is 1.96 bits per heavy atom. The first-order valence-corrected chi connectivity index (χ1v) is 17.2. The van der Waals surface area contributed by atoms with Gasteiger partial charge in [0.2, 0.25) is 5.12 Å². The van der Waals surface area contributed by atoms with E-state index in [0.29, 0.717) is 38.9 Å². The summed E-state index contributed by atoms with van der Waals surface area (Å²) in [6, 6.07) is 8.40. The number of benzene rings is 1. The van der Waals surface area contributed by atoms with Gasteiger partial charge < -0.3 is 14.6 Å². The molecule has 45 heavy (non-hydrogen) atoms. The van der Waals surface area contributed by atoms with Gasteiger partial charge in [0, 0.05) is 18.6 Å². The summed E-state index contributed by atoms with van der Waals surface area (Å²) < 4.78 is 27.3. The Kier molecular flexibility index (Phi) is 7.73. The zero-order chi connectivity index (χ0) is 31.6. The van der Waals surface area contributed by atoms with Crippen LogP contribution >= 0.6 is 11.8 Å². The number of thioether (sulfide) groups is 1. The topological polar surface area (TPSA) is 114 Å². The van der Waals surface area contributed by atoms with Crippen LogP contribution in [0.25, 0.3) is 11.8 Å². The summed E-state index contributed by atoms with van der Waals surface area (Å²) in [4.78, 5) is 27.6. The van der Waals surface area contributed by atoms with Gasteiger partial charge in [-0.05, 0) is 110 Å². The highest BCUT2D eigenvalue weighted by Crippen LogP contribution is 2.69. The van der Waals surface area contributed by atoms with E-state index in [9.17, 15) is 24.3 Å². The smallest absolute Gasteiger partial charge is 0.310 e. The third kappa shape index (κ3) is 4.72. The lowest BCUT2D eigenvalue weighted by atomic mass is 9.45. The van der Waals surface area contributed by atoms with Gasteiger partial charge >= 0.3 is 5.97 Å². The second-order valence-corrected chi connectivity index (χ2v) is 15.1. The van der Waals surface area contributed by atoms with Gasteiger partial charge in [0.15, 0.2) is 5.60 Å². The van der Waals surface area contributed by atoms with E-state index in [-0.39, 0.29) is 51.7 Å². The molecule has 1 aromatic heterocycles. The van der Waals surface area contributed by atoms with E-state index in [2.05, 4.69) is 24.2 Å². The van der Waals surface area contributed by atoms with Gasteiger partial charge in [-0.25, -0.2) is 9.07 Å². The number of hydrogen-bond donors (Lipinski definition) is 1. The van der Waals surface area contributed by atoms with Crippen molar-refractivity contribution >= 4 is 28.9 Å². The molecule has 1 aromatic carbocycles. The number of rotatable bonds is 5. The number of carbonyl (C=O) groups excluding carboxylic acids is 2. The van der Waals surface area contributed by atoms with Crippen LogP contribution in [0, 0.1) is 51.6 Å². The van der Waals surface area contributed by atoms with Crippen LogP contribution in [0.15, 0.2) is 36.0 Å². The van der Waals surface area contributed by atoms with Gasteiger partial charge in [-0.15, -0.1) is 0 Å². The first kappa shape index (κ1) is 30.6. The number of aliphatic hydroxyl groups excluding tert-OH is 1. The van der Waals surface area contributed by atoms with Crippen LogP contribution in [0.1, 0.15) is 70.1 Å². The summed E-state index contributed by atoms with van der Waals surface area (Å²) >= 11 is 0.934. The molecule has 1 saturated heterocycles. The Labute approximate surface area is 267 Å². The minimum Gasteiger partial charge on any atom is -0.449 e. The SMILES string of the molecule is C[C@]12Cc3cnn(-c4ccc(F)cc4)c3C=C1CC[C@@H]1[C@@H]2[C@@H](O)C[C@@]2(C)[C@H]1CC[C@]2(OC(=O)C1CCOCC1)C(=O)SCC#N. The van der Waals surface area contributed by atoms with Crippen LogP contribution in [0.4, 0.5) is 4.39 Å². The first-order chi connectivity index (χ1) is 21.6. The summed E-state index contributed by atoms with van der Waals surface area (Å²) in [6.07, 6.45) is 8.49. The minimum atomic E-state index is -1.38. The highest BCUT2D eigenvalue weighted by molar-refractivity contribution is 8.14. The predicted molar refractivity (Wildman–Crippen MR) is 166 cm³/mol. The van der Waals surface area contributed by atoms with Crippen molar-refractivity contribution in [2.45, 2.75) is 76.9 Å². The molecule has 3 saturated carbocycles. The first-order valence-electron chi connectivity index (χ1n) is 16.2. The number of fused-ring (bicyclic) bond motifs is 6. The van der Waals surface area contributed by atoms with Crippen LogP contribution in [-0.2, 0) is 25.5 Å². The maximum absolute atomic E-state index is 14.0. The van der Waals surface area contributed by atoms with E-state index in [1.807, 2.05) is 17.8 Å².